The summed E-state index contributed by atoms with van der Waals surface area (Å²) in [6.45, 7) is 4.26. The van der Waals surface area contributed by atoms with Crippen LogP contribution in [0.25, 0.3) is 0 Å². The summed E-state index contributed by atoms with van der Waals surface area (Å²) < 4.78 is 0. The highest BCUT2D eigenvalue weighted by molar-refractivity contribution is 5.48. The molecule has 1 aliphatic rings. The smallest absolute Gasteiger partial charge is 0.185 e. The van der Waals surface area contributed by atoms with E-state index in [-0.39, 0.29) is 12.0 Å². The van der Waals surface area contributed by atoms with Gasteiger partial charge in [-0.3, -0.25) is 5.21 Å². The van der Waals surface area contributed by atoms with E-state index in [1.54, 1.807) is 0 Å². The molecule has 1 fully saturated rings. The lowest BCUT2D eigenvalue weighted by molar-refractivity contribution is 0.00772. The molecular weight excluding hydrogens is 276 g/mol. The van der Waals surface area contributed by atoms with Crippen molar-refractivity contribution < 1.29 is 10.0 Å². The molecule has 1 saturated heterocycles. The molecule has 0 aliphatic carbocycles. The highest BCUT2D eigenvalue weighted by Crippen LogP contribution is 2.36. The second-order valence-electron chi connectivity index (χ2n) is 5.67. The Hall–Kier alpha value is -2.04. The van der Waals surface area contributed by atoms with Crippen molar-refractivity contribution >= 4 is 11.4 Å². The number of hydroxylamine groups is 2. The summed E-state index contributed by atoms with van der Waals surface area (Å²) in [5.41, 5.74) is 1.76. The van der Waals surface area contributed by atoms with E-state index in [9.17, 15) is 5.21 Å². The number of anilines is 2. The van der Waals surface area contributed by atoms with Crippen LogP contribution in [0.5, 0.6) is 0 Å². The second kappa shape index (κ2) is 6.38. The van der Waals surface area contributed by atoms with E-state index in [0.29, 0.717) is 0 Å². The van der Waals surface area contributed by atoms with Gasteiger partial charge in [0.15, 0.2) is 6.23 Å². The van der Waals surface area contributed by atoms with Crippen LogP contribution < -0.4 is 10.1 Å². The van der Waals surface area contributed by atoms with Crippen LogP contribution in [0.2, 0.25) is 0 Å². The van der Waals surface area contributed by atoms with Crippen LogP contribution in [-0.2, 0) is 4.84 Å². The first-order chi connectivity index (χ1) is 10.7. The minimum atomic E-state index is -0.396. The molecule has 1 heterocycles. The van der Waals surface area contributed by atoms with Gasteiger partial charge in [-0.05, 0) is 30.7 Å². The van der Waals surface area contributed by atoms with E-state index in [1.165, 1.54) is 5.06 Å². The normalized spacial score (nSPS) is 24.5. The SMILES string of the molecule is CCC1C(C)C(N(O)c2ccccc2)ON1c1ccccc1. The van der Waals surface area contributed by atoms with Crippen molar-refractivity contribution in [3.8, 4) is 0 Å². The molecule has 0 amide bonds. The number of nitrogens with zero attached hydrogens (tertiary/aromatic N) is 2. The van der Waals surface area contributed by atoms with Gasteiger partial charge in [0.2, 0.25) is 0 Å². The van der Waals surface area contributed by atoms with Gasteiger partial charge in [0.05, 0.1) is 17.4 Å². The molecule has 0 saturated carbocycles. The van der Waals surface area contributed by atoms with E-state index in [1.807, 2.05) is 65.7 Å². The van der Waals surface area contributed by atoms with Crippen LogP contribution in [0, 0.1) is 5.92 Å². The third kappa shape index (κ3) is 2.67. The maximum atomic E-state index is 10.6. The lowest BCUT2D eigenvalue weighted by Gasteiger charge is -2.26. The quantitative estimate of drug-likeness (QED) is 0.863. The largest absolute Gasteiger partial charge is 0.286 e. The Morgan fingerprint density at radius 3 is 2.23 bits per heavy atom. The Kier molecular flexibility index (Phi) is 4.32. The monoisotopic (exact) mass is 298 g/mol. The molecule has 3 rings (SSSR count). The zero-order valence-electron chi connectivity index (χ0n) is 13.0. The Labute approximate surface area is 131 Å². The van der Waals surface area contributed by atoms with Crippen molar-refractivity contribution in [3.63, 3.8) is 0 Å². The van der Waals surface area contributed by atoms with Crippen LogP contribution >= 0.6 is 0 Å². The Morgan fingerprint density at radius 1 is 1.05 bits per heavy atom. The summed E-state index contributed by atoms with van der Waals surface area (Å²) in [6.07, 6.45) is 0.558. The molecular formula is C18H22N2O2. The molecule has 116 valence electrons. The number of rotatable bonds is 4. The van der Waals surface area contributed by atoms with Gasteiger partial charge >= 0.3 is 0 Å². The maximum Gasteiger partial charge on any atom is 0.185 e. The fourth-order valence-electron chi connectivity index (χ4n) is 3.05. The van der Waals surface area contributed by atoms with Gasteiger partial charge in [-0.25, -0.2) is 15.0 Å². The molecule has 2 aromatic carbocycles. The van der Waals surface area contributed by atoms with Crippen molar-refractivity contribution in [2.24, 2.45) is 5.92 Å². The Morgan fingerprint density at radius 2 is 1.64 bits per heavy atom. The fourth-order valence-corrected chi connectivity index (χ4v) is 3.05. The summed E-state index contributed by atoms with van der Waals surface area (Å²) in [5, 5.41) is 13.7. The van der Waals surface area contributed by atoms with Gasteiger partial charge in [-0.1, -0.05) is 50.2 Å². The minimum absolute atomic E-state index is 0.176. The van der Waals surface area contributed by atoms with Crippen LogP contribution in [0.1, 0.15) is 20.3 Å². The predicted octanol–water partition coefficient (Wildman–Crippen LogP) is 4.07. The average molecular weight is 298 g/mol. The first-order valence-electron chi connectivity index (χ1n) is 7.76. The molecule has 0 radical (unpaired) electrons. The number of hydrogen-bond acceptors (Lipinski definition) is 4. The van der Waals surface area contributed by atoms with Crippen molar-refractivity contribution in [3.05, 3.63) is 60.7 Å². The van der Waals surface area contributed by atoms with Gasteiger partial charge < -0.3 is 0 Å². The highest BCUT2D eigenvalue weighted by Gasteiger charge is 2.43. The van der Waals surface area contributed by atoms with Gasteiger partial charge in [-0.2, -0.15) is 0 Å². The summed E-state index contributed by atoms with van der Waals surface area (Å²) in [5.74, 6) is 0.176. The molecule has 1 N–H and O–H groups in total. The van der Waals surface area contributed by atoms with Crippen molar-refractivity contribution in [1.29, 1.82) is 0 Å². The Balaban J connectivity index is 1.85. The molecule has 3 atom stereocenters. The van der Waals surface area contributed by atoms with Crippen LogP contribution in [0.4, 0.5) is 11.4 Å². The number of benzene rings is 2. The molecule has 0 spiro atoms. The minimum Gasteiger partial charge on any atom is -0.286 e. The Bertz CT molecular complexity index is 591. The second-order valence-corrected chi connectivity index (χ2v) is 5.67. The molecule has 2 aromatic rings. The summed E-state index contributed by atoms with van der Waals surface area (Å²) in [6, 6.07) is 19.8. The molecule has 4 heteroatoms. The van der Waals surface area contributed by atoms with E-state index < -0.39 is 6.23 Å². The van der Waals surface area contributed by atoms with Crippen LogP contribution in [-0.4, -0.2) is 17.5 Å². The zero-order chi connectivity index (χ0) is 15.5. The van der Waals surface area contributed by atoms with Crippen molar-refractivity contribution in [1.82, 2.24) is 0 Å². The average Bonchev–Trinajstić information content (AvgIpc) is 2.92. The van der Waals surface area contributed by atoms with E-state index in [2.05, 4.69) is 13.8 Å². The van der Waals surface area contributed by atoms with Gasteiger partial charge in [0.1, 0.15) is 0 Å². The van der Waals surface area contributed by atoms with Gasteiger partial charge in [0.25, 0.3) is 0 Å². The topological polar surface area (TPSA) is 35.9 Å². The van der Waals surface area contributed by atoms with E-state index in [0.717, 1.165) is 17.8 Å². The molecule has 22 heavy (non-hydrogen) atoms. The van der Waals surface area contributed by atoms with Crippen LogP contribution in [0.15, 0.2) is 60.7 Å². The molecule has 0 aromatic heterocycles. The van der Waals surface area contributed by atoms with Gasteiger partial charge in [-0.15, -0.1) is 0 Å². The zero-order valence-corrected chi connectivity index (χ0v) is 13.0. The lowest BCUT2D eigenvalue weighted by Crippen LogP contribution is -2.37. The van der Waals surface area contributed by atoms with Crippen molar-refractivity contribution in [2.75, 3.05) is 10.1 Å². The number of hydrogen-bond donors (Lipinski definition) is 1. The standard InChI is InChI=1S/C18H22N2O2/c1-3-17-14(2)18(19(21)15-10-6-4-7-11-15)22-20(17)16-12-8-5-9-13-16/h4-14,17-18,21H,3H2,1-2H3. The molecule has 4 nitrogen and oxygen atoms in total. The van der Waals surface area contributed by atoms with Gasteiger partial charge in [0, 0.05) is 5.92 Å². The maximum absolute atomic E-state index is 10.6. The fraction of sp³-hybridized carbons (Fsp3) is 0.333. The lowest BCUT2D eigenvalue weighted by atomic mass is 9.98. The van der Waals surface area contributed by atoms with E-state index in [4.69, 9.17) is 4.84 Å². The highest BCUT2D eigenvalue weighted by atomic mass is 16.7. The summed E-state index contributed by atoms with van der Waals surface area (Å²) >= 11 is 0. The van der Waals surface area contributed by atoms with Crippen LogP contribution in [0.3, 0.4) is 0 Å². The third-order valence-corrected chi connectivity index (χ3v) is 4.27. The molecule has 1 aliphatic heterocycles. The van der Waals surface area contributed by atoms with E-state index >= 15 is 0 Å². The predicted molar refractivity (Wildman–Crippen MR) is 87.7 cm³/mol. The number of para-hydroxylation sites is 2. The molecule has 0 bridgehead atoms. The van der Waals surface area contributed by atoms with Crippen molar-refractivity contribution in [2.45, 2.75) is 32.5 Å². The summed E-state index contributed by atoms with van der Waals surface area (Å²) in [7, 11) is 0. The summed E-state index contributed by atoms with van der Waals surface area (Å²) in [4.78, 5) is 6.09. The third-order valence-electron chi connectivity index (χ3n) is 4.27. The molecule has 3 unspecified atom stereocenters. The first-order valence-corrected chi connectivity index (χ1v) is 7.76. The first kappa shape index (κ1) is 14.9.